The van der Waals surface area contributed by atoms with E-state index in [4.69, 9.17) is 0 Å². The highest BCUT2D eigenvalue weighted by atomic mass is 16.6. The summed E-state index contributed by atoms with van der Waals surface area (Å²) in [6, 6.07) is 4.58. The molecular formula is C14H17N3O3. The van der Waals surface area contributed by atoms with E-state index in [0.717, 1.165) is 38.0 Å². The van der Waals surface area contributed by atoms with Gasteiger partial charge in [-0.3, -0.25) is 14.9 Å². The number of non-ortho nitro benzene ring substituents is 1. The van der Waals surface area contributed by atoms with Crippen LogP contribution in [0.4, 0.5) is 5.69 Å². The van der Waals surface area contributed by atoms with Crippen LogP contribution in [-0.4, -0.2) is 35.4 Å². The minimum atomic E-state index is -0.455. The third kappa shape index (κ3) is 2.38. The van der Waals surface area contributed by atoms with Crippen LogP contribution in [0.15, 0.2) is 18.2 Å². The van der Waals surface area contributed by atoms with Gasteiger partial charge in [-0.1, -0.05) is 0 Å². The SMILES string of the molecule is O=C1c2cc([N+](=O)[O-])ccc2CN1CC1CCNCC1. The Balaban J connectivity index is 1.74. The first-order valence-corrected chi connectivity index (χ1v) is 6.92. The van der Waals surface area contributed by atoms with E-state index in [0.29, 0.717) is 18.0 Å². The molecule has 0 spiro atoms. The summed E-state index contributed by atoms with van der Waals surface area (Å²) >= 11 is 0. The summed E-state index contributed by atoms with van der Waals surface area (Å²) in [6.07, 6.45) is 2.17. The summed E-state index contributed by atoms with van der Waals surface area (Å²) in [5.41, 5.74) is 1.38. The van der Waals surface area contributed by atoms with Crippen molar-refractivity contribution in [1.29, 1.82) is 0 Å². The summed E-state index contributed by atoms with van der Waals surface area (Å²) in [4.78, 5) is 24.5. The summed E-state index contributed by atoms with van der Waals surface area (Å²) in [6.45, 7) is 3.34. The average Bonchev–Trinajstić information content (AvgIpc) is 2.76. The van der Waals surface area contributed by atoms with Gasteiger partial charge in [-0.05, 0) is 43.5 Å². The minimum absolute atomic E-state index is 0.0131. The van der Waals surface area contributed by atoms with Crippen molar-refractivity contribution in [3.8, 4) is 0 Å². The van der Waals surface area contributed by atoms with E-state index in [1.165, 1.54) is 12.1 Å². The molecule has 3 rings (SSSR count). The maximum atomic E-state index is 12.3. The van der Waals surface area contributed by atoms with Crippen molar-refractivity contribution >= 4 is 11.6 Å². The number of fused-ring (bicyclic) bond motifs is 1. The van der Waals surface area contributed by atoms with Gasteiger partial charge >= 0.3 is 0 Å². The number of rotatable bonds is 3. The first kappa shape index (κ1) is 13.1. The summed E-state index contributed by atoms with van der Waals surface area (Å²) in [5.74, 6) is 0.465. The van der Waals surface area contributed by atoms with E-state index in [1.807, 2.05) is 4.90 Å². The van der Waals surface area contributed by atoms with E-state index in [1.54, 1.807) is 6.07 Å². The van der Waals surface area contributed by atoms with Crippen LogP contribution in [0.25, 0.3) is 0 Å². The van der Waals surface area contributed by atoms with E-state index in [-0.39, 0.29) is 11.6 Å². The Bertz CT molecular complexity index is 553. The van der Waals surface area contributed by atoms with Crippen molar-refractivity contribution in [3.05, 3.63) is 39.4 Å². The Morgan fingerprint density at radius 2 is 2.10 bits per heavy atom. The smallest absolute Gasteiger partial charge is 0.270 e. The number of nitrogens with one attached hydrogen (secondary N) is 1. The number of nitro groups is 1. The van der Waals surface area contributed by atoms with Gasteiger partial charge in [0.25, 0.3) is 11.6 Å². The van der Waals surface area contributed by atoms with Crippen molar-refractivity contribution in [3.63, 3.8) is 0 Å². The third-order valence-corrected chi connectivity index (χ3v) is 4.12. The second-order valence-corrected chi connectivity index (χ2v) is 5.48. The van der Waals surface area contributed by atoms with Crippen molar-refractivity contribution in [2.45, 2.75) is 19.4 Å². The molecule has 1 fully saturated rings. The van der Waals surface area contributed by atoms with E-state index in [9.17, 15) is 14.9 Å². The predicted molar refractivity (Wildman–Crippen MR) is 73.4 cm³/mol. The highest BCUT2D eigenvalue weighted by Crippen LogP contribution is 2.28. The molecular weight excluding hydrogens is 258 g/mol. The molecule has 2 aliphatic heterocycles. The van der Waals surface area contributed by atoms with Gasteiger partial charge in [-0.15, -0.1) is 0 Å². The van der Waals surface area contributed by atoms with Gasteiger partial charge < -0.3 is 10.2 Å². The van der Waals surface area contributed by atoms with Gasteiger partial charge in [0, 0.05) is 25.2 Å². The first-order valence-electron chi connectivity index (χ1n) is 6.92. The molecule has 2 heterocycles. The lowest BCUT2D eigenvalue weighted by Crippen LogP contribution is -2.36. The Kier molecular flexibility index (Phi) is 3.40. The van der Waals surface area contributed by atoms with Crippen LogP contribution in [0, 0.1) is 16.0 Å². The molecule has 1 aromatic rings. The number of hydrogen-bond donors (Lipinski definition) is 1. The molecule has 106 valence electrons. The van der Waals surface area contributed by atoms with Gasteiger partial charge in [0.1, 0.15) is 0 Å². The fourth-order valence-electron chi connectivity index (χ4n) is 2.99. The molecule has 1 amide bonds. The molecule has 0 aromatic heterocycles. The van der Waals surface area contributed by atoms with Gasteiger partial charge in [0.05, 0.1) is 10.5 Å². The Morgan fingerprint density at radius 3 is 2.80 bits per heavy atom. The number of carbonyl (C=O) groups is 1. The molecule has 6 nitrogen and oxygen atoms in total. The lowest BCUT2D eigenvalue weighted by molar-refractivity contribution is -0.384. The molecule has 6 heteroatoms. The molecule has 20 heavy (non-hydrogen) atoms. The van der Waals surface area contributed by atoms with Crippen molar-refractivity contribution in [2.75, 3.05) is 19.6 Å². The summed E-state index contributed by atoms with van der Waals surface area (Å²) in [7, 11) is 0. The number of nitro benzene ring substituents is 1. The number of carbonyl (C=O) groups excluding carboxylic acids is 1. The van der Waals surface area contributed by atoms with Crippen LogP contribution in [-0.2, 0) is 6.54 Å². The molecule has 1 saturated heterocycles. The second kappa shape index (κ2) is 5.20. The van der Waals surface area contributed by atoms with Gasteiger partial charge in [0.2, 0.25) is 0 Å². The molecule has 2 aliphatic rings. The topological polar surface area (TPSA) is 75.5 Å². The van der Waals surface area contributed by atoms with Gasteiger partial charge in [-0.2, -0.15) is 0 Å². The van der Waals surface area contributed by atoms with Crippen LogP contribution in [0.5, 0.6) is 0 Å². The Morgan fingerprint density at radius 1 is 1.35 bits per heavy atom. The van der Waals surface area contributed by atoms with Crippen LogP contribution in [0.2, 0.25) is 0 Å². The van der Waals surface area contributed by atoms with Crippen LogP contribution < -0.4 is 5.32 Å². The summed E-state index contributed by atoms with van der Waals surface area (Å²) < 4.78 is 0. The Labute approximate surface area is 116 Å². The molecule has 0 bridgehead atoms. The van der Waals surface area contributed by atoms with E-state index < -0.39 is 4.92 Å². The minimum Gasteiger partial charge on any atom is -0.334 e. The Hall–Kier alpha value is -1.95. The van der Waals surface area contributed by atoms with Crippen molar-refractivity contribution in [2.24, 2.45) is 5.92 Å². The number of nitrogens with zero attached hydrogens (tertiary/aromatic N) is 2. The maximum Gasteiger partial charge on any atom is 0.270 e. The molecule has 1 aromatic carbocycles. The largest absolute Gasteiger partial charge is 0.334 e. The van der Waals surface area contributed by atoms with Gasteiger partial charge in [-0.25, -0.2) is 0 Å². The number of piperidine rings is 1. The zero-order chi connectivity index (χ0) is 14.1. The van der Waals surface area contributed by atoms with E-state index >= 15 is 0 Å². The number of hydrogen-bond acceptors (Lipinski definition) is 4. The third-order valence-electron chi connectivity index (χ3n) is 4.12. The fraction of sp³-hybridized carbons (Fsp3) is 0.500. The zero-order valence-corrected chi connectivity index (χ0v) is 11.2. The molecule has 0 saturated carbocycles. The van der Waals surface area contributed by atoms with Crippen LogP contribution >= 0.6 is 0 Å². The monoisotopic (exact) mass is 275 g/mol. The van der Waals surface area contributed by atoms with E-state index in [2.05, 4.69) is 5.32 Å². The number of benzene rings is 1. The molecule has 0 aliphatic carbocycles. The second-order valence-electron chi connectivity index (χ2n) is 5.48. The first-order chi connectivity index (χ1) is 9.65. The average molecular weight is 275 g/mol. The highest BCUT2D eigenvalue weighted by Gasteiger charge is 2.30. The molecule has 0 atom stereocenters. The van der Waals surface area contributed by atoms with Crippen molar-refractivity contribution < 1.29 is 9.72 Å². The maximum absolute atomic E-state index is 12.3. The lowest BCUT2D eigenvalue weighted by Gasteiger charge is -2.27. The highest BCUT2D eigenvalue weighted by molar-refractivity contribution is 5.98. The van der Waals surface area contributed by atoms with Crippen molar-refractivity contribution in [1.82, 2.24) is 10.2 Å². The molecule has 0 unspecified atom stereocenters. The lowest BCUT2D eigenvalue weighted by atomic mass is 9.98. The number of amides is 1. The molecule has 0 radical (unpaired) electrons. The normalized spacial score (nSPS) is 19.2. The fourth-order valence-corrected chi connectivity index (χ4v) is 2.99. The molecule has 1 N–H and O–H groups in total. The zero-order valence-electron chi connectivity index (χ0n) is 11.2. The quantitative estimate of drug-likeness (QED) is 0.671. The predicted octanol–water partition coefficient (Wildman–Crippen LogP) is 1.55. The standard InChI is InChI=1S/C14H17N3O3/c18-14-13-7-12(17(19)20)2-1-11(13)9-16(14)8-10-3-5-15-6-4-10/h1-2,7,10,15H,3-6,8-9H2. The van der Waals surface area contributed by atoms with Crippen LogP contribution in [0.3, 0.4) is 0 Å². The summed E-state index contributed by atoms with van der Waals surface area (Å²) in [5, 5.41) is 14.1. The van der Waals surface area contributed by atoms with Crippen LogP contribution in [0.1, 0.15) is 28.8 Å². The van der Waals surface area contributed by atoms with Gasteiger partial charge in [0.15, 0.2) is 0 Å².